The van der Waals surface area contributed by atoms with Crippen molar-refractivity contribution in [3.05, 3.63) is 29.8 Å². The van der Waals surface area contributed by atoms with E-state index in [2.05, 4.69) is 0 Å². The van der Waals surface area contributed by atoms with Gasteiger partial charge in [0.15, 0.2) is 5.92 Å². The monoisotopic (exact) mass is 297 g/mol. The summed E-state index contributed by atoms with van der Waals surface area (Å²) in [6.45, 7) is 1.81. The van der Waals surface area contributed by atoms with Gasteiger partial charge in [-0.1, -0.05) is 29.9 Å². The molecule has 0 bridgehead atoms. The van der Waals surface area contributed by atoms with Crippen molar-refractivity contribution in [1.29, 1.82) is 5.26 Å². The van der Waals surface area contributed by atoms with Crippen molar-refractivity contribution < 1.29 is 13.2 Å². The predicted octanol–water partition coefficient (Wildman–Crippen LogP) is 0.226. The van der Waals surface area contributed by atoms with E-state index >= 15 is 0 Å². The zero-order chi connectivity index (χ0) is 14.6. The van der Waals surface area contributed by atoms with Crippen molar-refractivity contribution in [3.8, 4) is 6.07 Å². The Kier molecular flexibility index (Phi) is 4.58. The molecule has 1 aromatic carbocycles. The molecule has 19 heavy (non-hydrogen) atoms. The predicted molar refractivity (Wildman–Crippen MR) is 72.4 cm³/mol. The molecule has 0 radical (unpaired) electrons. The highest BCUT2D eigenvalue weighted by Crippen LogP contribution is 2.11. The summed E-state index contributed by atoms with van der Waals surface area (Å²) in [7, 11) is -3.92. The van der Waals surface area contributed by atoms with Gasteiger partial charge in [0.05, 0.1) is 11.0 Å². The van der Waals surface area contributed by atoms with E-state index in [4.69, 9.17) is 23.2 Å². The van der Waals surface area contributed by atoms with Crippen molar-refractivity contribution >= 4 is 33.1 Å². The topological polar surface area (TPSA) is 113 Å². The van der Waals surface area contributed by atoms with E-state index in [-0.39, 0.29) is 4.90 Å². The van der Waals surface area contributed by atoms with Crippen molar-refractivity contribution in [2.45, 2.75) is 11.8 Å². The highest BCUT2D eigenvalue weighted by atomic mass is 32.2. The Morgan fingerprint density at radius 2 is 1.95 bits per heavy atom. The van der Waals surface area contributed by atoms with Crippen molar-refractivity contribution in [2.24, 2.45) is 11.7 Å². The molecule has 0 aromatic heterocycles. The van der Waals surface area contributed by atoms with Crippen LogP contribution in [0.25, 0.3) is 0 Å². The zero-order valence-corrected chi connectivity index (χ0v) is 11.6. The second kappa shape index (κ2) is 5.77. The fraction of sp³-hybridized carbons (Fsp3) is 0.182. The van der Waals surface area contributed by atoms with Gasteiger partial charge in [0.1, 0.15) is 4.99 Å². The van der Waals surface area contributed by atoms with Crippen molar-refractivity contribution in [3.63, 3.8) is 0 Å². The fourth-order valence-corrected chi connectivity index (χ4v) is 2.71. The number of primary amides is 1. The fourth-order valence-electron chi connectivity index (χ4n) is 1.22. The maximum atomic E-state index is 11.9. The molecule has 1 amide bonds. The number of benzene rings is 1. The molecule has 1 rings (SSSR count). The zero-order valence-electron chi connectivity index (χ0n) is 9.95. The number of sulfonamides is 1. The number of hydrogen-bond acceptors (Lipinski definition) is 5. The van der Waals surface area contributed by atoms with Gasteiger partial charge < -0.3 is 5.73 Å². The SMILES string of the molecule is Cc1ccc(S(=O)(=O)NC(=S)C(C#N)C(N)=O)cc1. The van der Waals surface area contributed by atoms with Gasteiger partial charge in [0.2, 0.25) is 5.91 Å². The van der Waals surface area contributed by atoms with Crippen molar-refractivity contribution in [2.75, 3.05) is 0 Å². The van der Waals surface area contributed by atoms with Crippen LogP contribution < -0.4 is 10.5 Å². The summed E-state index contributed by atoms with van der Waals surface area (Å²) in [4.78, 5) is 10.5. The number of nitrogens with one attached hydrogen (secondary N) is 1. The van der Waals surface area contributed by atoms with Gasteiger partial charge in [-0.05, 0) is 19.1 Å². The second-order valence-electron chi connectivity index (χ2n) is 3.75. The van der Waals surface area contributed by atoms with E-state index in [1.807, 2.05) is 11.6 Å². The van der Waals surface area contributed by atoms with Gasteiger partial charge in [-0.15, -0.1) is 0 Å². The van der Waals surface area contributed by atoms with E-state index in [0.29, 0.717) is 0 Å². The molecular formula is C11H11N3O3S2. The molecule has 3 N–H and O–H groups in total. The lowest BCUT2D eigenvalue weighted by atomic mass is 10.2. The molecule has 0 spiro atoms. The minimum atomic E-state index is -3.92. The number of carbonyl (C=O) groups excluding carboxylic acids is 1. The Hall–Kier alpha value is -1.98. The summed E-state index contributed by atoms with van der Waals surface area (Å²) in [5, 5.41) is 8.70. The number of rotatable bonds is 4. The molecule has 0 aliphatic rings. The first-order chi connectivity index (χ1) is 8.77. The Morgan fingerprint density at radius 1 is 1.42 bits per heavy atom. The minimum Gasteiger partial charge on any atom is -0.368 e. The first-order valence-corrected chi connectivity index (χ1v) is 6.99. The normalized spacial score (nSPS) is 12.2. The summed E-state index contributed by atoms with van der Waals surface area (Å²) in [5.74, 6) is -2.48. The van der Waals surface area contributed by atoms with Crippen LogP contribution in [0.2, 0.25) is 0 Å². The summed E-state index contributed by atoms with van der Waals surface area (Å²) in [5.41, 5.74) is 5.84. The number of nitriles is 1. The lowest BCUT2D eigenvalue weighted by Gasteiger charge is -2.11. The summed E-state index contributed by atoms with van der Waals surface area (Å²) in [6, 6.07) is 7.57. The maximum absolute atomic E-state index is 11.9. The maximum Gasteiger partial charge on any atom is 0.262 e. The van der Waals surface area contributed by atoms with Crippen LogP contribution in [0.1, 0.15) is 5.56 Å². The third-order valence-corrected chi connectivity index (χ3v) is 4.09. The number of amides is 1. The quantitative estimate of drug-likeness (QED) is 0.772. The third-order valence-electron chi connectivity index (χ3n) is 2.24. The third kappa shape index (κ3) is 3.74. The molecule has 0 fully saturated rings. The van der Waals surface area contributed by atoms with Gasteiger partial charge in [0, 0.05) is 0 Å². The lowest BCUT2D eigenvalue weighted by molar-refractivity contribution is -0.118. The van der Waals surface area contributed by atoms with Crippen LogP contribution >= 0.6 is 12.2 Å². The van der Waals surface area contributed by atoms with Crippen LogP contribution in [0.4, 0.5) is 0 Å². The van der Waals surface area contributed by atoms with E-state index in [1.165, 1.54) is 12.1 Å². The van der Waals surface area contributed by atoms with Crippen LogP contribution in [0.3, 0.4) is 0 Å². The lowest BCUT2D eigenvalue weighted by Crippen LogP contribution is -2.39. The largest absolute Gasteiger partial charge is 0.368 e. The first-order valence-electron chi connectivity index (χ1n) is 5.10. The highest BCUT2D eigenvalue weighted by Gasteiger charge is 2.25. The smallest absolute Gasteiger partial charge is 0.262 e. The number of thiocarbonyl (C=S) groups is 1. The minimum absolute atomic E-state index is 0.0124. The van der Waals surface area contributed by atoms with Crippen LogP contribution in [0, 0.1) is 24.2 Å². The molecule has 0 aliphatic carbocycles. The molecule has 0 heterocycles. The van der Waals surface area contributed by atoms with Crippen LogP contribution in [0.15, 0.2) is 29.2 Å². The van der Waals surface area contributed by atoms with E-state index in [0.717, 1.165) is 5.56 Å². The molecule has 6 nitrogen and oxygen atoms in total. The van der Waals surface area contributed by atoms with Crippen LogP contribution in [0.5, 0.6) is 0 Å². The van der Waals surface area contributed by atoms with E-state index in [1.54, 1.807) is 18.2 Å². The number of nitrogens with zero attached hydrogens (tertiary/aromatic N) is 1. The van der Waals surface area contributed by atoms with Crippen LogP contribution in [-0.4, -0.2) is 19.3 Å². The van der Waals surface area contributed by atoms with Gasteiger partial charge in [-0.25, -0.2) is 8.42 Å². The molecule has 1 aromatic rings. The number of aryl methyl sites for hydroxylation is 1. The van der Waals surface area contributed by atoms with Gasteiger partial charge in [-0.2, -0.15) is 5.26 Å². The molecular weight excluding hydrogens is 286 g/mol. The number of nitrogens with two attached hydrogens (primary N) is 1. The molecule has 100 valence electrons. The summed E-state index contributed by atoms with van der Waals surface area (Å²) >= 11 is 4.71. The Bertz CT molecular complexity index is 645. The molecule has 0 aliphatic heterocycles. The Balaban J connectivity index is 2.98. The number of carbonyl (C=O) groups is 1. The van der Waals surface area contributed by atoms with Crippen molar-refractivity contribution in [1.82, 2.24) is 4.72 Å². The Morgan fingerprint density at radius 3 is 2.37 bits per heavy atom. The standard InChI is InChI=1S/C11H11N3O3S2/c1-7-2-4-8(5-3-7)19(16,17)14-11(18)9(6-12)10(13)15/h2-5,9H,1H3,(H2,13,15)(H,14,18). The van der Waals surface area contributed by atoms with Crippen LogP contribution in [-0.2, 0) is 14.8 Å². The second-order valence-corrected chi connectivity index (χ2v) is 5.87. The van der Waals surface area contributed by atoms with E-state index in [9.17, 15) is 13.2 Å². The molecule has 0 saturated heterocycles. The average molecular weight is 297 g/mol. The Labute approximate surface area is 116 Å². The van der Waals surface area contributed by atoms with Gasteiger partial charge in [0.25, 0.3) is 10.0 Å². The van der Waals surface area contributed by atoms with Gasteiger partial charge in [-0.3, -0.25) is 9.52 Å². The molecule has 8 heteroatoms. The molecule has 1 unspecified atom stereocenters. The first kappa shape index (κ1) is 15.1. The molecule has 1 atom stereocenters. The number of hydrogen-bond donors (Lipinski definition) is 2. The summed E-state index contributed by atoms with van der Waals surface area (Å²) in [6.07, 6.45) is 0. The van der Waals surface area contributed by atoms with Gasteiger partial charge >= 0.3 is 0 Å². The summed E-state index contributed by atoms with van der Waals surface area (Å²) < 4.78 is 25.9. The average Bonchev–Trinajstić information content (AvgIpc) is 2.29. The van der Waals surface area contributed by atoms with E-state index < -0.39 is 26.8 Å². The highest BCUT2D eigenvalue weighted by molar-refractivity contribution is 7.92. The molecule has 0 saturated carbocycles.